The molecule has 0 aromatic heterocycles. The Bertz CT molecular complexity index is 174. The summed E-state index contributed by atoms with van der Waals surface area (Å²) in [6.07, 6.45) is 5.20. The Morgan fingerprint density at radius 1 is 1.20 bits per heavy atom. The van der Waals surface area contributed by atoms with E-state index in [-0.39, 0.29) is 0 Å². The molecule has 0 radical (unpaired) electrons. The first-order chi connectivity index (χ1) is 7.40. The van der Waals surface area contributed by atoms with Gasteiger partial charge in [-0.2, -0.15) is 0 Å². The van der Waals surface area contributed by atoms with Crippen LogP contribution in [0.3, 0.4) is 0 Å². The molecular weight excluding hydrogens is 188 g/mol. The summed E-state index contributed by atoms with van der Waals surface area (Å²) in [4.78, 5) is 2.53. The molecule has 88 valence electrons. The Morgan fingerprint density at radius 2 is 1.87 bits per heavy atom. The van der Waals surface area contributed by atoms with Gasteiger partial charge in [0, 0.05) is 13.2 Å². The van der Waals surface area contributed by atoms with Crippen LogP contribution in [0.4, 0.5) is 0 Å². The molecule has 2 rings (SSSR count). The van der Waals surface area contributed by atoms with E-state index in [4.69, 9.17) is 0 Å². The first-order valence-electron chi connectivity index (χ1n) is 6.44. The Balaban J connectivity index is 1.79. The minimum Gasteiger partial charge on any atom is -0.396 e. The summed E-state index contributed by atoms with van der Waals surface area (Å²) in [5.74, 6) is 1.27. The fraction of sp³-hybridized carbons (Fsp3) is 1.00. The topological polar surface area (TPSA) is 35.5 Å². The maximum absolute atomic E-state index is 9.49. The number of hydrogen-bond donors (Lipinski definition) is 2. The summed E-state index contributed by atoms with van der Waals surface area (Å²) in [6.45, 7) is 6.29. The molecule has 1 unspecified atom stereocenters. The zero-order valence-corrected chi connectivity index (χ0v) is 9.62. The molecule has 3 nitrogen and oxygen atoms in total. The third kappa shape index (κ3) is 3.16. The molecule has 2 N–H and O–H groups in total. The van der Waals surface area contributed by atoms with Crippen molar-refractivity contribution >= 4 is 0 Å². The van der Waals surface area contributed by atoms with E-state index in [1.54, 1.807) is 0 Å². The normalized spacial score (nSPS) is 27.0. The maximum Gasteiger partial charge on any atom is 0.0474 e. The molecule has 2 aliphatic heterocycles. The lowest BCUT2D eigenvalue weighted by atomic mass is 9.85. The van der Waals surface area contributed by atoms with Gasteiger partial charge in [0.2, 0.25) is 0 Å². The van der Waals surface area contributed by atoms with Crippen molar-refractivity contribution in [2.24, 2.45) is 11.8 Å². The highest BCUT2D eigenvalue weighted by atomic mass is 16.3. The number of likely N-dealkylation sites (tertiary alicyclic amines) is 1. The summed E-state index contributed by atoms with van der Waals surface area (Å²) in [5.41, 5.74) is 0. The summed E-state index contributed by atoms with van der Waals surface area (Å²) < 4.78 is 0. The van der Waals surface area contributed by atoms with Gasteiger partial charge in [0.1, 0.15) is 0 Å². The smallest absolute Gasteiger partial charge is 0.0474 e. The molecule has 2 fully saturated rings. The minimum atomic E-state index is 0.376. The van der Waals surface area contributed by atoms with Gasteiger partial charge < -0.3 is 15.3 Å². The van der Waals surface area contributed by atoms with Gasteiger partial charge in [-0.25, -0.2) is 0 Å². The lowest BCUT2D eigenvalue weighted by Crippen LogP contribution is -2.38. The number of aliphatic hydroxyl groups is 1. The van der Waals surface area contributed by atoms with E-state index in [0.717, 1.165) is 25.6 Å². The van der Waals surface area contributed by atoms with Crippen LogP contribution in [0.25, 0.3) is 0 Å². The van der Waals surface area contributed by atoms with E-state index in [1.165, 1.54) is 38.8 Å². The second-order valence-corrected chi connectivity index (χ2v) is 5.04. The average Bonchev–Trinajstić information content (AvgIpc) is 2.80. The lowest BCUT2D eigenvalue weighted by Gasteiger charge is -2.32. The van der Waals surface area contributed by atoms with E-state index in [1.807, 2.05) is 0 Å². The van der Waals surface area contributed by atoms with Crippen LogP contribution in [0.5, 0.6) is 0 Å². The predicted octanol–water partition coefficient (Wildman–Crippen LogP) is 0.690. The van der Waals surface area contributed by atoms with Gasteiger partial charge >= 0.3 is 0 Å². The van der Waals surface area contributed by atoms with Crippen molar-refractivity contribution in [3.8, 4) is 0 Å². The number of rotatable bonds is 4. The Kier molecular flexibility index (Phi) is 4.42. The number of nitrogens with zero attached hydrogens (tertiary/aromatic N) is 1. The van der Waals surface area contributed by atoms with Crippen molar-refractivity contribution in [3.05, 3.63) is 0 Å². The first kappa shape index (κ1) is 11.4. The van der Waals surface area contributed by atoms with Gasteiger partial charge in [0.25, 0.3) is 0 Å². The van der Waals surface area contributed by atoms with Gasteiger partial charge in [-0.15, -0.1) is 0 Å². The number of piperidine rings is 1. The fourth-order valence-corrected chi connectivity index (χ4v) is 2.97. The van der Waals surface area contributed by atoms with Gasteiger partial charge in [-0.1, -0.05) is 0 Å². The molecule has 2 heterocycles. The lowest BCUT2D eigenvalue weighted by molar-refractivity contribution is 0.116. The zero-order valence-electron chi connectivity index (χ0n) is 9.62. The molecule has 15 heavy (non-hydrogen) atoms. The van der Waals surface area contributed by atoms with E-state index in [0.29, 0.717) is 12.5 Å². The van der Waals surface area contributed by atoms with E-state index in [9.17, 15) is 5.11 Å². The molecule has 0 spiro atoms. The molecule has 2 saturated heterocycles. The second-order valence-electron chi connectivity index (χ2n) is 5.04. The highest BCUT2D eigenvalue weighted by Crippen LogP contribution is 2.23. The van der Waals surface area contributed by atoms with Crippen molar-refractivity contribution in [3.63, 3.8) is 0 Å². The first-order valence-corrected chi connectivity index (χ1v) is 6.44. The van der Waals surface area contributed by atoms with Crippen LogP contribution in [0.1, 0.15) is 25.7 Å². The van der Waals surface area contributed by atoms with Crippen LogP contribution in [0, 0.1) is 11.8 Å². The third-order valence-corrected chi connectivity index (χ3v) is 3.98. The van der Waals surface area contributed by atoms with Crippen LogP contribution < -0.4 is 5.32 Å². The number of hydrogen-bond acceptors (Lipinski definition) is 3. The van der Waals surface area contributed by atoms with Crippen molar-refractivity contribution in [2.45, 2.75) is 25.7 Å². The quantitative estimate of drug-likeness (QED) is 0.720. The fourth-order valence-electron chi connectivity index (χ4n) is 2.97. The summed E-state index contributed by atoms with van der Waals surface area (Å²) in [6, 6.07) is 0. The van der Waals surface area contributed by atoms with Crippen LogP contribution in [0.2, 0.25) is 0 Å². The van der Waals surface area contributed by atoms with Crippen molar-refractivity contribution in [1.29, 1.82) is 0 Å². The second kappa shape index (κ2) is 5.83. The van der Waals surface area contributed by atoms with Crippen LogP contribution in [0.15, 0.2) is 0 Å². The molecule has 3 heteroatoms. The third-order valence-electron chi connectivity index (χ3n) is 3.98. The highest BCUT2D eigenvalue weighted by molar-refractivity contribution is 4.79. The summed E-state index contributed by atoms with van der Waals surface area (Å²) in [7, 11) is 0. The number of aliphatic hydroxyl groups excluding tert-OH is 1. The molecule has 0 aromatic rings. The maximum atomic E-state index is 9.49. The molecular formula is C12H24N2O. The zero-order chi connectivity index (χ0) is 10.5. The average molecular weight is 212 g/mol. The van der Waals surface area contributed by atoms with Crippen molar-refractivity contribution in [2.75, 3.05) is 39.3 Å². The van der Waals surface area contributed by atoms with Gasteiger partial charge in [0.05, 0.1) is 0 Å². The van der Waals surface area contributed by atoms with Crippen molar-refractivity contribution < 1.29 is 5.11 Å². The monoisotopic (exact) mass is 212 g/mol. The van der Waals surface area contributed by atoms with Gasteiger partial charge in [0.15, 0.2) is 0 Å². The standard InChI is InChI=1S/C12H24N2O/c15-10-12(9-14-7-1-2-8-14)11-3-5-13-6-4-11/h11-13,15H,1-10H2. The van der Waals surface area contributed by atoms with E-state index in [2.05, 4.69) is 10.2 Å². The Morgan fingerprint density at radius 3 is 2.47 bits per heavy atom. The summed E-state index contributed by atoms with van der Waals surface area (Å²) >= 11 is 0. The molecule has 2 aliphatic rings. The van der Waals surface area contributed by atoms with Gasteiger partial charge in [-0.05, 0) is 63.7 Å². The molecule has 1 atom stereocenters. The van der Waals surface area contributed by atoms with Crippen LogP contribution in [-0.2, 0) is 0 Å². The Labute approximate surface area is 92.8 Å². The number of nitrogens with one attached hydrogen (secondary N) is 1. The molecule has 0 aliphatic carbocycles. The minimum absolute atomic E-state index is 0.376. The molecule has 0 amide bonds. The molecule has 0 bridgehead atoms. The highest BCUT2D eigenvalue weighted by Gasteiger charge is 2.25. The predicted molar refractivity (Wildman–Crippen MR) is 61.8 cm³/mol. The van der Waals surface area contributed by atoms with Gasteiger partial charge in [-0.3, -0.25) is 0 Å². The van der Waals surface area contributed by atoms with E-state index < -0.39 is 0 Å². The summed E-state index contributed by atoms with van der Waals surface area (Å²) in [5, 5.41) is 12.9. The molecule has 0 aromatic carbocycles. The molecule has 0 saturated carbocycles. The van der Waals surface area contributed by atoms with Crippen LogP contribution >= 0.6 is 0 Å². The largest absolute Gasteiger partial charge is 0.396 e. The van der Waals surface area contributed by atoms with E-state index >= 15 is 0 Å². The SMILES string of the molecule is OCC(CN1CCCC1)C1CCNCC1. The Hall–Kier alpha value is -0.120. The van der Waals surface area contributed by atoms with Crippen molar-refractivity contribution in [1.82, 2.24) is 10.2 Å². The van der Waals surface area contributed by atoms with Crippen LogP contribution in [-0.4, -0.2) is 49.3 Å².